The Labute approximate surface area is 153 Å². The standard InChI is InChI=1S/C19H26N2O5/c1-3-25-18(22)13-16(14-19(23)26-4-2)20-15-5-7-17(8-6-15)21-9-11-24-12-10-21/h5-8,13,20H,3-4,9-12,14H2,1-2H3/b16-13-. The molecule has 0 bridgehead atoms. The molecular weight excluding hydrogens is 336 g/mol. The molecule has 1 N–H and O–H groups in total. The molecule has 1 fully saturated rings. The van der Waals surface area contributed by atoms with Gasteiger partial charge in [0.05, 0.1) is 32.8 Å². The number of rotatable bonds is 8. The van der Waals surface area contributed by atoms with Gasteiger partial charge in [-0.1, -0.05) is 0 Å². The summed E-state index contributed by atoms with van der Waals surface area (Å²) in [6.45, 7) is 7.22. The maximum absolute atomic E-state index is 11.8. The van der Waals surface area contributed by atoms with E-state index < -0.39 is 11.9 Å². The highest BCUT2D eigenvalue weighted by Crippen LogP contribution is 2.20. The number of esters is 2. The number of hydrogen-bond acceptors (Lipinski definition) is 7. The van der Waals surface area contributed by atoms with Gasteiger partial charge in [0.1, 0.15) is 0 Å². The van der Waals surface area contributed by atoms with Crippen LogP contribution in [0.5, 0.6) is 0 Å². The summed E-state index contributed by atoms with van der Waals surface area (Å²) < 4.78 is 15.2. The van der Waals surface area contributed by atoms with Crippen LogP contribution < -0.4 is 10.2 Å². The molecule has 1 aliphatic rings. The van der Waals surface area contributed by atoms with E-state index in [0.717, 1.165) is 37.7 Å². The van der Waals surface area contributed by atoms with Gasteiger partial charge < -0.3 is 24.4 Å². The van der Waals surface area contributed by atoms with Gasteiger partial charge in [0, 0.05) is 36.2 Å². The first-order valence-electron chi connectivity index (χ1n) is 8.85. The maximum Gasteiger partial charge on any atom is 0.332 e. The Bertz CT molecular complexity index is 621. The van der Waals surface area contributed by atoms with E-state index in [9.17, 15) is 9.59 Å². The molecule has 7 nitrogen and oxygen atoms in total. The maximum atomic E-state index is 11.8. The number of nitrogens with one attached hydrogen (secondary N) is 1. The van der Waals surface area contributed by atoms with Crippen molar-refractivity contribution in [3.8, 4) is 0 Å². The van der Waals surface area contributed by atoms with Crippen molar-refractivity contribution < 1.29 is 23.8 Å². The number of morpholine rings is 1. The minimum Gasteiger partial charge on any atom is -0.466 e. The molecule has 0 atom stereocenters. The van der Waals surface area contributed by atoms with Gasteiger partial charge in [0.2, 0.25) is 0 Å². The first-order valence-corrected chi connectivity index (χ1v) is 8.85. The Kier molecular flexibility index (Phi) is 7.95. The van der Waals surface area contributed by atoms with Gasteiger partial charge in [0.25, 0.3) is 0 Å². The van der Waals surface area contributed by atoms with Crippen LogP contribution in [0.1, 0.15) is 20.3 Å². The van der Waals surface area contributed by atoms with Crippen LogP contribution in [0.2, 0.25) is 0 Å². The number of benzene rings is 1. The van der Waals surface area contributed by atoms with Crippen molar-refractivity contribution in [2.24, 2.45) is 0 Å². The molecule has 2 rings (SSSR count). The van der Waals surface area contributed by atoms with Crippen LogP contribution in [-0.4, -0.2) is 51.5 Å². The van der Waals surface area contributed by atoms with Crippen molar-refractivity contribution >= 4 is 23.3 Å². The van der Waals surface area contributed by atoms with Gasteiger partial charge >= 0.3 is 11.9 Å². The summed E-state index contributed by atoms with van der Waals surface area (Å²) in [5.41, 5.74) is 2.32. The predicted octanol–water partition coefficient (Wildman–Crippen LogP) is 2.34. The lowest BCUT2D eigenvalue weighted by Crippen LogP contribution is -2.36. The van der Waals surface area contributed by atoms with Crippen LogP contribution in [0.3, 0.4) is 0 Å². The van der Waals surface area contributed by atoms with Gasteiger partial charge in [0.15, 0.2) is 0 Å². The third-order valence-corrected chi connectivity index (χ3v) is 3.77. The summed E-state index contributed by atoms with van der Waals surface area (Å²) in [6.07, 6.45) is 1.26. The molecule has 26 heavy (non-hydrogen) atoms. The molecular formula is C19H26N2O5. The fraction of sp³-hybridized carbons (Fsp3) is 0.474. The van der Waals surface area contributed by atoms with Crippen LogP contribution >= 0.6 is 0 Å². The minimum atomic E-state index is -0.496. The fourth-order valence-electron chi connectivity index (χ4n) is 2.59. The van der Waals surface area contributed by atoms with Gasteiger partial charge in [-0.05, 0) is 38.1 Å². The third-order valence-electron chi connectivity index (χ3n) is 3.77. The van der Waals surface area contributed by atoms with E-state index >= 15 is 0 Å². The summed E-state index contributed by atoms with van der Waals surface area (Å²) in [5.74, 6) is -0.898. The lowest BCUT2D eigenvalue weighted by Gasteiger charge is -2.29. The number of carbonyl (C=O) groups is 2. The van der Waals surface area contributed by atoms with E-state index in [-0.39, 0.29) is 13.0 Å². The molecule has 1 aromatic rings. The molecule has 142 valence electrons. The normalized spacial score (nSPS) is 14.7. The molecule has 0 amide bonds. The van der Waals surface area contributed by atoms with Gasteiger partial charge in [-0.25, -0.2) is 4.79 Å². The summed E-state index contributed by atoms with van der Waals surface area (Å²) >= 11 is 0. The monoisotopic (exact) mass is 362 g/mol. The molecule has 0 aliphatic carbocycles. The number of carbonyl (C=O) groups excluding carboxylic acids is 2. The first kappa shape index (κ1) is 19.8. The van der Waals surface area contributed by atoms with Gasteiger partial charge in [-0.15, -0.1) is 0 Å². The summed E-state index contributed by atoms with van der Waals surface area (Å²) in [4.78, 5) is 25.8. The Morgan fingerprint density at radius 3 is 2.38 bits per heavy atom. The van der Waals surface area contributed by atoms with Crippen molar-refractivity contribution in [1.29, 1.82) is 0 Å². The van der Waals surface area contributed by atoms with Crippen molar-refractivity contribution in [2.45, 2.75) is 20.3 Å². The van der Waals surface area contributed by atoms with Crippen LogP contribution in [0, 0.1) is 0 Å². The highest BCUT2D eigenvalue weighted by molar-refractivity contribution is 5.85. The van der Waals surface area contributed by atoms with Gasteiger partial charge in [-0.3, -0.25) is 4.79 Å². The number of nitrogens with zero attached hydrogens (tertiary/aromatic N) is 1. The Balaban J connectivity index is 2.05. The zero-order valence-electron chi connectivity index (χ0n) is 15.3. The molecule has 0 radical (unpaired) electrons. The fourth-order valence-corrected chi connectivity index (χ4v) is 2.59. The van der Waals surface area contributed by atoms with Crippen LogP contribution in [-0.2, 0) is 23.8 Å². The Morgan fingerprint density at radius 2 is 1.77 bits per heavy atom. The lowest BCUT2D eigenvalue weighted by molar-refractivity contribution is -0.142. The van der Waals surface area contributed by atoms with Crippen molar-refractivity contribution in [3.05, 3.63) is 36.0 Å². The SMILES string of the molecule is CCOC(=O)/C=C(/CC(=O)OCC)Nc1ccc(N2CCOCC2)cc1. The quantitative estimate of drug-likeness (QED) is 0.562. The van der Waals surface area contributed by atoms with Crippen LogP contribution in [0.25, 0.3) is 0 Å². The smallest absolute Gasteiger partial charge is 0.332 e. The molecule has 0 aromatic heterocycles. The van der Waals surface area contributed by atoms with Crippen LogP contribution in [0.4, 0.5) is 11.4 Å². The second-order valence-electron chi connectivity index (χ2n) is 5.67. The molecule has 1 saturated heterocycles. The lowest BCUT2D eigenvalue weighted by atomic mass is 10.2. The van der Waals surface area contributed by atoms with E-state index in [0.29, 0.717) is 12.3 Å². The van der Waals surface area contributed by atoms with E-state index in [1.807, 2.05) is 24.3 Å². The number of anilines is 2. The van der Waals surface area contributed by atoms with Crippen molar-refractivity contribution in [1.82, 2.24) is 0 Å². The highest BCUT2D eigenvalue weighted by Gasteiger charge is 2.12. The Morgan fingerprint density at radius 1 is 1.12 bits per heavy atom. The molecule has 0 unspecified atom stereocenters. The topological polar surface area (TPSA) is 77.1 Å². The third kappa shape index (κ3) is 6.40. The van der Waals surface area contributed by atoms with Crippen molar-refractivity contribution in [2.75, 3.05) is 49.7 Å². The first-order chi connectivity index (χ1) is 12.6. The summed E-state index contributed by atoms with van der Waals surface area (Å²) in [7, 11) is 0. The largest absolute Gasteiger partial charge is 0.466 e. The predicted molar refractivity (Wildman–Crippen MR) is 99.1 cm³/mol. The summed E-state index contributed by atoms with van der Waals surface area (Å²) in [5, 5.41) is 3.10. The van der Waals surface area contributed by atoms with Gasteiger partial charge in [-0.2, -0.15) is 0 Å². The van der Waals surface area contributed by atoms with Crippen LogP contribution in [0.15, 0.2) is 36.0 Å². The molecule has 1 aliphatic heterocycles. The van der Waals surface area contributed by atoms with E-state index in [1.54, 1.807) is 13.8 Å². The minimum absolute atomic E-state index is 0.0299. The number of ether oxygens (including phenoxy) is 3. The van der Waals surface area contributed by atoms with E-state index in [2.05, 4.69) is 10.2 Å². The van der Waals surface area contributed by atoms with E-state index in [1.165, 1.54) is 6.08 Å². The number of hydrogen-bond donors (Lipinski definition) is 1. The summed E-state index contributed by atoms with van der Waals surface area (Å²) in [6, 6.07) is 7.82. The second kappa shape index (κ2) is 10.5. The average Bonchev–Trinajstić information content (AvgIpc) is 2.63. The van der Waals surface area contributed by atoms with E-state index in [4.69, 9.17) is 14.2 Å². The molecule has 7 heteroatoms. The zero-order valence-corrected chi connectivity index (χ0v) is 15.3. The molecule has 1 heterocycles. The Hall–Kier alpha value is -2.54. The molecule has 1 aromatic carbocycles. The van der Waals surface area contributed by atoms with Crippen molar-refractivity contribution in [3.63, 3.8) is 0 Å². The molecule has 0 saturated carbocycles. The second-order valence-corrected chi connectivity index (χ2v) is 5.67. The zero-order chi connectivity index (χ0) is 18.8. The highest BCUT2D eigenvalue weighted by atomic mass is 16.5. The molecule has 0 spiro atoms. The average molecular weight is 362 g/mol.